The van der Waals surface area contributed by atoms with Gasteiger partial charge in [0.1, 0.15) is 28.2 Å². The second kappa shape index (κ2) is 14.5. The van der Waals surface area contributed by atoms with Gasteiger partial charge in [0, 0.05) is 25.1 Å². The molecule has 0 bridgehead atoms. The summed E-state index contributed by atoms with van der Waals surface area (Å²) in [4.78, 5) is 17.2. The van der Waals surface area contributed by atoms with Gasteiger partial charge in [-0.15, -0.1) is 0 Å². The minimum Gasteiger partial charge on any atom is -0.497 e. The van der Waals surface area contributed by atoms with Crippen LogP contribution in [-0.4, -0.2) is 30.9 Å². The van der Waals surface area contributed by atoms with Crippen LogP contribution in [0.15, 0.2) is 83.6 Å². The van der Waals surface area contributed by atoms with Crippen LogP contribution in [0.2, 0.25) is 0 Å². The highest BCUT2D eigenvalue weighted by molar-refractivity contribution is 6.29. The topological polar surface area (TPSA) is 60.4 Å². The summed E-state index contributed by atoms with van der Waals surface area (Å²) in [5, 5.41) is 0.143. The van der Waals surface area contributed by atoms with Crippen LogP contribution < -0.4 is 14.2 Å². The first kappa shape index (κ1) is 28.5. The smallest absolute Gasteiger partial charge is 0.223 e. The maximum Gasteiger partial charge on any atom is 0.223 e. The first-order valence-corrected chi connectivity index (χ1v) is 10.6. The van der Waals surface area contributed by atoms with Gasteiger partial charge in [-0.05, 0) is 55.5 Å². The van der Waals surface area contributed by atoms with Crippen LogP contribution >= 0.6 is 11.6 Å². The van der Waals surface area contributed by atoms with Crippen LogP contribution in [0.4, 0.5) is 4.39 Å². The molecule has 0 atom stereocenters. The van der Waals surface area contributed by atoms with Crippen molar-refractivity contribution in [1.82, 2.24) is 4.90 Å². The fraction of sp³-hybridized carbons (Fsp3) is 0.231. The summed E-state index contributed by atoms with van der Waals surface area (Å²) in [6, 6.07) is 11.1. The molecule has 0 saturated heterocycles. The van der Waals surface area contributed by atoms with Crippen molar-refractivity contribution in [1.29, 1.82) is 0 Å². The number of aliphatic imine (C=N–C) groups is 1. The number of methoxy groups -OCH3 is 2. The van der Waals surface area contributed by atoms with Crippen molar-refractivity contribution < 1.29 is 23.4 Å². The third-order valence-electron chi connectivity index (χ3n) is 4.34. The summed E-state index contributed by atoms with van der Waals surface area (Å²) in [5.74, 6) is 1.97. The summed E-state index contributed by atoms with van der Waals surface area (Å²) in [6.07, 6.45) is 3.46. The summed E-state index contributed by atoms with van der Waals surface area (Å²) in [7, 11) is 3.22. The first-order valence-electron chi connectivity index (χ1n) is 10.2. The van der Waals surface area contributed by atoms with Gasteiger partial charge in [-0.3, -0.25) is 4.79 Å². The van der Waals surface area contributed by atoms with Gasteiger partial charge in [0.2, 0.25) is 5.91 Å². The second-order valence-corrected chi connectivity index (χ2v) is 7.33. The number of benzene rings is 2. The molecule has 6 nitrogen and oxygen atoms in total. The van der Waals surface area contributed by atoms with Gasteiger partial charge < -0.3 is 19.1 Å². The molecule has 2 aromatic rings. The summed E-state index contributed by atoms with van der Waals surface area (Å²) < 4.78 is 28.3. The number of hydrogen-bond acceptors (Lipinski definition) is 5. The van der Waals surface area contributed by atoms with Crippen LogP contribution in [0.25, 0.3) is 0 Å². The highest BCUT2D eigenvalue weighted by atomic mass is 35.5. The number of nitrogens with zero attached hydrogens (tertiary/aromatic N) is 2. The van der Waals surface area contributed by atoms with E-state index >= 15 is 0 Å². The average molecular weight is 489 g/mol. The largest absolute Gasteiger partial charge is 0.497 e. The Morgan fingerprint density at radius 2 is 1.71 bits per heavy atom. The fourth-order valence-corrected chi connectivity index (χ4v) is 2.91. The lowest BCUT2D eigenvalue weighted by Gasteiger charge is -2.23. The zero-order valence-corrected chi connectivity index (χ0v) is 20.9. The molecule has 0 spiro atoms. The minimum atomic E-state index is -0.311. The van der Waals surface area contributed by atoms with Crippen molar-refractivity contribution in [2.24, 2.45) is 4.99 Å². The molecule has 8 heteroatoms. The molecule has 0 aliphatic rings. The van der Waals surface area contributed by atoms with E-state index in [0.29, 0.717) is 18.2 Å². The number of ether oxygens (including phenoxy) is 3. The lowest BCUT2D eigenvalue weighted by molar-refractivity contribution is -0.127. The predicted octanol–water partition coefficient (Wildman–Crippen LogP) is 6.48. The minimum absolute atomic E-state index is 0.0366. The number of rotatable bonds is 8. The van der Waals surface area contributed by atoms with Gasteiger partial charge in [0.25, 0.3) is 0 Å². The van der Waals surface area contributed by atoms with E-state index in [1.54, 1.807) is 38.2 Å². The van der Waals surface area contributed by atoms with Crippen molar-refractivity contribution in [3.8, 4) is 17.2 Å². The molecular weight excluding hydrogens is 459 g/mol. The molecule has 0 N–H and O–H groups in total. The predicted molar refractivity (Wildman–Crippen MR) is 135 cm³/mol. The second-order valence-electron chi connectivity index (χ2n) is 6.89. The van der Waals surface area contributed by atoms with Crippen molar-refractivity contribution in [3.05, 3.63) is 90.0 Å². The molecule has 0 aliphatic heterocycles. The Morgan fingerprint density at radius 3 is 2.21 bits per heavy atom. The highest BCUT2D eigenvalue weighted by Gasteiger charge is 2.14. The van der Waals surface area contributed by atoms with E-state index in [1.165, 1.54) is 31.2 Å². The van der Waals surface area contributed by atoms with E-state index in [9.17, 15) is 9.18 Å². The van der Waals surface area contributed by atoms with Crippen molar-refractivity contribution in [3.63, 3.8) is 0 Å². The molecule has 0 aliphatic carbocycles. The number of allylic oxidation sites excluding steroid dienone is 3. The zero-order valence-electron chi connectivity index (χ0n) is 20.1. The summed E-state index contributed by atoms with van der Waals surface area (Å²) in [5.41, 5.74) is 1.72. The van der Waals surface area contributed by atoms with Crippen LogP contribution in [0.3, 0.4) is 0 Å². The van der Waals surface area contributed by atoms with E-state index in [4.69, 9.17) is 25.8 Å². The van der Waals surface area contributed by atoms with Gasteiger partial charge in [0.05, 0.1) is 20.8 Å². The molecule has 2 rings (SSSR count). The summed E-state index contributed by atoms with van der Waals surface area (Å²) in [6.45, 7) is 12.5. The molecule has 0 aromatic heterocycles. The van der Waals surface area contributed by atoms with E-state index in [-0.39, 0.29) is 16.9 Å². The maximum absolute atomic E-state index is 12.5. The molecular formula is C26H30ClFN2O4. The van der Waals surface area contributed by atoms with E-state index in [2.05, 4.69) is 18.2 Å². The van der Waals surface area contributed by atoms with Crippen molar-refractivity contribution in [2.45, 2.75) is 27.3 Å². The number of halogens is 2. The molecule has 0 unspecified atom stereocenters. The van der Waals surface area contributed by atoms with Gasteiger partial charge in [0.15, 0.2) is 5.90 Å². The van der Waals surface area contributed by atoms with Crippen LogP contribution in [-0.2, 0) is 11.3 Å². The zero-order chi connectivity index (χ0) is 25.7. The third-order valence-corrected chi connectivity index (χ3v) is 4.42. The Kier molecular flexibility index (Phi) is 12.2. The van der Waals surface area contributed by atoms with Gasteiger partial charge in [-0.2, -0.15) is 0 Å². The quantitative estimate of drug-likeness (QED) is 0.185. The van der Waals surface area contributed by atoms with Gasteiger partial charge >= 0.3 is 0 Å². The number of hydrogen-bond donors (Lipinski definition) is 0. The van der Waals surface area contributed by atoms with Crippen LogP contribution in [0.5, 0.6) is 17.2 Å². The normalized spacial score (nSPS) is 11.0. The van der Waals surface area contributed by atoms with Crippen molar-refractivity contribution in [2.75, 3.05) is 14.2 Å². The lowest BCUT2D eigenvalue weighted by atomic mass is 10.1. The Bertz CT molecular complexity index is 1050. The standard InChI is InChI=1S/C16H21NO3.C10H9ClFNO/c1-6-7-12(2)17(13(3)18)11-14-10-15(19-4)8-9-16(14)20-5;1-7(11)13-8(2)14-10-5-3-9(12)4-6-10/h6-10H,1,11H2,2-5H3;3-6H,1H2,2H3/b12-7+;13-8+. The molecule has 182 valence electrons. The van der Waals surface area contributed by atoms with Gasteiger partial charge in [-0.25, -0.2) is 9.38 Å². The number of carbonyl (C=O) groups is 1. The summed E-state index contributed by atoms with van der Waals surface area (Å²) >= 11 is 5.44. The lowest BCUT2D eigenvalue weighted by Crippen LogP contribution is -2.26. The van der Waals surface area contributed by atoms with Crippen LogP contribution in [0, 0.1) is 5.82 Å². The Hall–Kier alpha value is -3.58. The molecule has 1 amide bonds. The Balaban J connectivity index is 0.000000362. The molecule has 2 aromatic carbocycles. The average Bonchev–Trinajstić information content (AvgIpc) is 2.78. The van der Waals surface area contributed by atoms with E-state index in [1.807, 2.05) is 25.1 Å². The molecule has 0 heterocycles. The number of amides is 1. The SMILES string of the molecule is C=C(Cl)/N=C(\C)Oc1ccc(F)cc1.C=C/C=C(\C)N(Cc1cc(OC)ccc1OC)C(C)=O. The number of carbonyl (C=O) groups excluding carboxylic acids is 1. The molecule has 34 heavy (non-hydrogen) atoms. The van der Waals surface area contributed by atoms with Gasteiger partial charge in [-0.1, -0.05) is 30.8 Å². The maximum atomic E-state index is 12.5. The van der Waals surface area contributed by atoms with E-state index < -0.39 is 0 Å². The first-order chi connectivity index (χ1) is 16.1. The molecule has 0 fully saturated rings. The Labute approximate surface area is 205 Å². The third kappa shape index (κ3) is 9.92. The fourth-order valence-electron chi connectivity index (χ4n) is 2.79. The van der Waals surface area contributed by atoms with Crippen LogP contribution in [0.1, 0.15) is 26.3 Å². The highest BCUT2D eigenvalue weighted by Crippen LogP contribution is 2.26. The molecule has 0 saturated carbocycles. The molecule has 0 radical (unpaired) electrons. The van der Waals surface area contributed by atoms with Crippen molar-refractivity contribution >= 4 is 23.4 Å². The van der Waals surface area contributed by atoms with E-state index in [0.717, 1.165) is 22.8 Å². The Morgan fingerprint density at radius 1 is 1.09 bits per heavy atom. The monoisotopic (exact) mass is 488 g/mol.